The molecule has 7 heteroatoms. The molecule has 6 nitrogen and oxygen atoms in total. The normalized spacial score (nSPS) is 23.8. The highest BCUT2D eigenvalue weighted by molar-refractivity contribution is 7.99. The van der Waals surface area contributed by atoms with Crippen molar-refractivity contribution in [2.24, 2.45) is 0 Å². The van der Waals surface area contributed by atoms with Gasteiger partial charge in [-0.15, -0.1) is 11.8 Å². The quantitative estimate of drug-likeness (QED) is 0.290. The summed E-state index contributed by atoms with van der Waals surface area (Å²) in [4.78, 5) is 13.0. The lowest BCUT2D eigenvalue weighted by molar-refractivity contribution is -0.227. The third kappa shape index (κ3) is 7.18. The molecular weight excluding hydrogens is 482 g/mol. The highest BCUT2D eigenvalue weighted by atomic mass is 32.2. The maximum atomic E-state index is 13.0. The predicted molar refractivity (Wildman–Crippen MR) is 140 cm³/mol. The minimum Gasteiger partial charge on any atom is -0.452 e. The van der Waals surface area contributed by atoms with Crippen LogP contribution in [0.5, 0.6) is 0 Å². The fourth-order valence-corrected chi connectivity index (χ4v) is 4.99. The van der Waals surface area contributed by atoms with Crippen LogP contribution in [0.2, 0.25) is 0 Å². The number of aliphatic hydroxyl groups excluding tert-OH is 1. The van der Waals surface area contributed by atoms with Crippen molar-refractivity contribution >= 4 is 17.7 Å². The molecular formula is C29H32O6S. The van der Waals surface area contributed by atoms with Gasteiger partial charge in [-0.3, -0.25) is 0 Å². The molecule has 4 rings (SSSR count). The fraction of sp³-hybridized carbons (Fsp3) is 0.345. The van der Waals surface area contributed by atoms with Crippen LogP contribution in [0, 0.1) is 0 Å². The van der Waals surface area contributed by atoms with Gasteiger partial charge in [0.05, 0.1) is 25.4 Å². The molecule has 0 aromatic heterocycles. The number of hydrogen-bond acceptors (Lipinski definition) is 7. The third-order valence-electron chi connectivity index (χ3n) is 5.88. The first-order valence-electron chi connectivity index (χ1n) is 12.1. The second-order valence-corrected chi connectivity index (χ2v) is 9.86. The summed E-state index contributed by atoms with van der Waals surface area (Å²) in [7, 11) is 0. The maximum absolute atomic E-state index is 13.0. The number of rotatable bonds is 11. The Morgan fingerprint density at radius 3 is 2.06 bits per heavy atom. The average Bonchev–Trinajstić information content (AvgIpc) is 2.92. The molecule has 3 aromatic carbocycles. The molecule has 1 aliphatic rings. The Hall–Kier alpha value is -2.68. The molecule has 0 saturated carbocycles. The summed E-state index contributed by atoms with van der Waals surface area (Å²) >= 11 is 1.51. The maximum Gasteiger partial charge on any atom is 0.338 e. The highest BCUT2D eigenvalue weighted by Crippen LogP contribution is 2.33. The van der Waals surface area contributed by atoms with Gasteiger partial charge in [0.1, 0.15) is 23.7 Å². The van der Waals surface area contributed by atoms with E-state index >= 15 is 0 Å². The smallest absolute Gasteiger partial charge is 0.338 e. The van der Waals surface area contributed by atoms with Crippen molar-refractivity contribution in [3.8, 4) is 0 Å². The number of benzene rings is 3. The Morgan fingerprint density at radius 2 is 1.44 bits per heavy atom. The van der Waals surface area contributed by atoms with E-state index < -0.39 is 35.8 Å². The molecule has 0 bridgehead atoms. The Morgan fingerprint density at radius 1 is 0.861 bits per heavy atom. The van der Waals surface area contributed by atoms with Crippen LogP contribution < -0.4 is 0 Å². The molecule has 5 atom stereocenters. The van der Waals surface area contributed by atoms with Crippen LogP contribution in [-0.2, 0) is 32.2 Å². The molecule has 0 spiro atoms. The number of ether oxygens (including phenoxy) is 4. The summed E-state index contributed by atoms with van der Waals surface area (Å²) < 4.78 is 24.3. The summed E-state index contributed by atoms with van der Waals surface area (Å²) in [6.07, 6.45) is -3.27. The Balaban J connectivity index is 1.51. The summed E-state index contributed by atoms with van der Waals surface area (Å²) in [6, 6.07) is 28.3. The van der Waals surface area contributed by atoms with Gasteiger partial charge in [0.2, 0.25) is 0 Å². The van der Waals surface area contributed by atoms with Gasteiger partial charge in [-0.1, -0.05) is 85.8 Å². The molecule has 190 valence electrons. The van der Waals surface area contributed by atoms with Gasteiger partial charge in [0.25, 0.3) is 0 Å². The van der Waals surface area contributed by atoms with E-state index in [-0.39, 0.29) is 13.2 Å². The summed E-state index contributed by atoms with van der Waals surface area (Å²) in [6.45, 7) is 2.86. The Bertz CT molecular complexity index is 1050. The van der Waals surface area contributed by atoms with Gasteiger partial charge in [-0.05, 0) is 29.0 Å². The number of aliphatic hydroxyl groups is 1. The van der Waals surface area contributed by atoms with Gasteiger partial charge in [-0.2, -0.15) is 0 Å². The van der Waals surface area contributed by atoms with E-state index in [1.807, 2.05) is 73.7 Å². The molecule has 36 heavy (non-hydrogen) atoms. The van der Waals surface area contributed by atoms with Crippen molar-refractivity contribution in [2.45, 2.75) is 50.0 Å². The molecule has 1 heterocycles. The lowest BCUT2D eigenvalue weighted by atomic mass is 10.2. The average molecular weight is 515 g/mol. The standard InChI is InChI=1S/C29H32O6S/c1-2-36-29-27(35-28(31)23-16-10-5-11-17-23)26(33-19-22-14-8-4-9-15-22)25(30)24(34-29)20-32-18-21-12-6-3-7-13-21/h3-17,24-27,29-30H,2,18-20H2,1H3/t24-,25-,26+,27-,29+/m1/s1/i20+1,24+1,25+1,26+1,27+1,29+1. The molecule has 0 radical (unpaired) electrons. The van der Waals surface area contributed by atoms with E-state index in [2.05, 4.69) is 0 Å². The molecule has 1 N–H and O–H groups in total. The van der Waals surface area contributed by atoms with E-state index in [0.29, 0.717) is 12.2 Å². The van der Waals surface area contributed by atoms with Crippen molar-refractivity contribution in [1.29, 1.82) is 0 Å². The molecule has 0 unspecified atom stereocenters. The summed E-state index contributed by atoms with van der Waals surface area (Å²) in [5.74, 6) is 0.258. The highest BCUT2D eigenvalue weighted by Gasteiger charge is 2.48. The van der Waals surface area contributed by atoms with Crippen LogP contribution in [0.1, 0.15) is 28.4 Å². The largest absolute Gasteiger partial charge is 0.452 e. The third-order valence-corrected chi connectivity index (χ3v) is 6.92. The van der Waals surface area contributed by atoms with Crippen molar-refractivity contribution < 1.29 is 28.8 Å². The minimum atomic E-state index is -1.05. The minimum absolute atomic E-state index is 0.182. The van der Waals surface area contributed by atoms with Crippen molar-refractivity contribution in [1.82, 2.24) is 0 Å². The summed E-state index contributed by atoms with van der Waals surface area (Å²) in [5.41, 5.74) is 1.91. The molecule has 1 fully saturated rings. The van der Waals surface area contributed by atoms with E-state index in [1.54, 1.807) is 24.3 Å². The topological polar surface area (TPSA) is 74.2 Å². The van der Waals surface area contributed by atoms with Crippen molar-refractivity contribution in [2.75, 3.05) is 12.4 Å². The van der Waals surface area contributed by atoms with E-state index in [1.165, 1.54) is 11.8 Å². The number of carbonyl (C=O) groups excluding carboxylic acids is 1. The van der Waals surface area contributed by atoms with Gasteiger partial charge in [-0.25, -0.2) is 4.79 Å². The lowest BCUT2D eigenvalue weighted by Crippen LogP contribution is -2.60. The fourth-order valence-electron chi connectivity index (χ4n) is 4.04. The van der Waals surface area contributed by atoms with Gasteiger partial charge >= 0.3 is 5.97 Å². The van der Waals surface area contributed by atoms with Crippen molar-refractivity contribution in [3.63, 3.8) is 0 Å². The van der Waals surface area contributed by atoms with E-state index in [9.17, 15) is 9.90 Å². The first-order chi connectivity index (χ1) is 17.7. The summed E-state index contributed by atoms with van der Waals surface area (Å²) in [5, 5.41) is 11.3. The van der Waals surface area contributed by atoms with Gasteiger partial charge in [0, 0.05) is 0 Å². The van der Waals surface area contributed by atoms with Crippen LogP contribution >= 0.6 is 11.8 Å². The zero-order valence-electron chi connectivity index (χ0n) is 20.3. The Labute approximate surface area is 216 Å². The first kappa shape index (κ1) is 26.4. The number of thioether (sulfide) groups is 1. The van der Waals surface area contributed by atoms with Crippen LogP contribution in [0.4, 0.5) is 0 Å². The number of carbonyl (C=O) groups is 1. The van der Waals surface area contributed by atoms with Gasteiger partial charge in [0.15, 0.2) is 6.10 Å². The number of hydrogen-bond donors (Lipinski definition) is 1. The molecule has 1 saturated heterocycles. The zero-order valence-corrected chi connectivity index (χ0v) is 21.1. The van der Waals surface area contributed by atoms with Crippen LogP contribution in [0.15, 0.2) is 91.0 Å². The second kappa shape index (κ2) is 13.6. The van der Waals surface area contributed by atoms with Gasteiger partial charge < -0.3 is 24.1 Å². The lowest BCUT2D eigenvalue weighted by Gasteiger charge is -2.43. The molecule has 1 aliphatic heterocycles. The number of esters is 1. The van der Waals surface area contributed by atoms with E-state index in [4.69, 9.17) is 18.9 Å². The first-order valence-corrected chi connectivity index (χ1v) is 13.2. The predicted octanol–water partition coefficient (Wildman–Crippen LogP) is 4.85. The molecule has 3 aromatic rings. The van der Waals surface area contributed by atoms with Crippen LogP contribution in [-0.4, -0.2) is 53.3 Å². The Kier molecular flexibility index (Phi) is 9.95. The molecule has 0 amide bonds. The molecule has 0 aliphatic carbocycles. The zero-order chi connectivity index (χ0) is 25.2. The van der Waals surface area contributed by atoms with Crippen LogP contribution in [0.25, 0.3) is 0 Å². The van der Waals surface area contributed by atoms with Crippen molar-refractivity contribution in [3.05, 3.63) is 108 Å². The monoisotopic (exact) mass is 514 g/mol. The van der Waals surface area contributed by atoms with Crippen LogP contribution in [0.3, 0.4) is 0 Å². The second-order valence-electron chi connectivity index (χ2n) is 8.49. The SMILES string of the molecule is CCS[13C@@H]1O[13C@H]([13CH2]OCc2ccccc2)[13C@@H](O)[13C@H](OCc2ccccc2)[13C@H]1OC(=O)c1ccccc1. The van der Waals surface area contributed by atoms with E-state index in [0.717, 1.165) is 16.9 Å².